The zero-order chi connectivity index (χ0) is 20.5. The van der Waals surface area contributed by atoms with E-state index in [4.69, 9.17) is 23.2 Å². The Labute approximate surface area is 179 Å². The van der Waals surface area contributed by atoms with E-state index in [0.717, 1.165) is 28.2 Å². The number of aryl methyl sites for hydroxylation is 1. The minimum atomic E-state index is 0.0627. The molecule has 2 amide bonds. The fourth-order valence-electron chi connectivity index (χ4n) is 3.86. The highest BCUT2D eigenvalue weighted by atomic mass is 35.5. The third-order valence-corrected chi connectivity index (χ3v) is 5.94. The molecule has 1 aliphatic heterocycles. The van der Waals surface area contributed by atoms with Gasteiger partial charge in [-0.2, -0.15) is 0 Å². The summed E-state index contributed by atoms with van der Waals surface area (Å²) in [6.07, 6.45) is 1.37. The van der Waals surface area contributed by atoms with E-state index in [0.29, 0.717) is 42.5 Å². The summed E-state index contributed by atoms with van der Waals surface area (Å²) >= 11 is 12.3. The van der Waals surface area contributed by atoms with Crippen molar-refractivity contribution in [3.8, 4) is 0 Å². The van der Waals surface area contributed by atoms with Crippen LogP contribution < -0.4 is 0 Å². The summed E-state index contributed by atoms with van der Waals surface area (Å²) in [4.78, 5) is 29.0. The van der Waals surface area contributed by atoms with Gasteiger partial charge in [0.15, 0.2) is 5.65 Å². The molecule has 3 heterocycles. The number of nitrogens with one attached hydrogen (secondary N) is 1. The Bertz CT molecular complexity index is 1050. The average molecular weight is 432 g/mol. The van der Waals surface area contributed by atoms with Gasteiger partial charge in [-0.25, -0.2) is 14.8 Å². The van der Waals surface area contributed by atoms with Gasteiger partial charge in [0.05, 0.1) is 11.6 Å². The lowest BCUT2D eigenvalue weighted by atomic mass is 10.1. The maximum atomic E-state index is 12.9. The fourth-order valence-corrected chi connectivity index (χ4v) is 4.35. The van der Waals surface area contributed by atoms with Crippen LogP contribution in [0.3, 0.4) is 0 Å². The predicted molar refractivity (Wildman–Crippen MR) is 116 cm³/mol. The molecule has 0 saturated carbocycles. The number of amides is 2. The molecular weight excluding hydrogens is 409 g/mol. The molecule has 2 aromatic heterocycles. The summed E-state index contributed by atoms with van der Waals surface area (Å²) in [5.74, 6) is 0.846. The number of halogens is 2. The number of benzene rings is 1. The van der Waals surface area contributed by atoms with Gasteiger partial charge in [0, 0.05) is 41.8 Å². The van der Waals surface area contributed by atoms with Crippen molar-refractivity contribution in [2.45, 2.75) is 32.7 Å². The van der Waals surface area contributed by atoms with Gasteiger partial charge in [-0.1, -0.05) is 29.3 Å². The third-order valence-electron chi connectivity index (χ3n) is 5.35. The first kappa shape index (κ1) is 20.0. The van der Waals surface area contributed by atoms with Gasteiger partial charge in [0.2, 0.25) is 0 Å². The Hall–Kier alpha value is -2.31. The number of aromatic amines is 1. The van der Waals surface area contributed by atoms with Gasteiger partial charge < -0.3 is 14.8 Å². The molecule has 3 aromatic rings. The van der Waals surface area contributed by atoms with Crippen molar-refractivity contribution in [1.82, 2.24) is 24.8 Å². The molecule has 0 bridgehead atoms. The summed E-state index contributed by atoms with van der Waals surface area (Å²) in [5.41, 5.74) is 3.59. The Kier molecular flexibility index (Phi) is 5.65. The van der Waals surface area contributed by atoms with Crippen LogP contribution in [-0.4, -0.2) is 56.5 Å². The topological polar surface area (TPSA) is 65.1 Å². The summed E-state index contributed by atoms with van der Waals surface area (Å²) in [6.45, 7) is 5.90. The molecule has 1 N–H and O–H groups in total. The summed E-state index contributed by atoms with van der Waals surface area (Å²) < 4.78 is 0. The van der Waals surface area contributed by atoms with Crippen LogP contribution in [0.2, 0.25) is 10.0 Å². The number of hydrogen-bond donors (Lipinski definition) is 1. The van der Waals surface area contributed by atoms with Crippen LogP contribution in [0.15, 0.2) is 30.3 Å². The summed E-state index contributed by atoms with van der Waals surface area (Å²) in [5, 5.41) is 1.26. The Morgan fingerprint density at radius 2 is 2.03 bits per heavy atom. The van der Waals surface area contributed by atoms with Crippen molar-refractivity contribution in [3.05, 3.63) is 57.5 Å². The normalized spacial score (nSPS) is 17.0. The zero-order valence-corrected chi connectivity index (χ0v) is 18.0. The monoisotopic (exact) mass is 431 g/mol. The molecule has 0 radical (unpaired) electrons. The van der Waals surface area contributed by atoms with E-state index in [2.05, 4.69) is 15.0 Å². The number of carbonyl (C=O) groups excluding carboxylic acids is 1. The van der Waals surface area contributed by atoms with E-state index in [1.165, 1.54) is 0 Å². The number of pyridine rings is 1. The first-order valence-electron chi connectivity index (χ1n) is 9.76. The van der Waals surface area contributed by atoms with E-state index in [-0.39, 0.29) is 12.1 Å². The lowest BCUT2D eigenvalue weighted by molar-refractivity contribution is 0.189. The van der Waals surface area contributed by atoms with Crippen molar-refractivity contribution in [3.63, 3.8) is 0 Å². The maximum absolute atomic E-state index is 12.9. The van der Waals surface area contributed by atoms with Gasteiger partial charge in [-0.05, 0) is 50.1 Å². The lowest BCUT2D eigenvalue weighted by Gasteiger charge is -2.21. The maximum Gasteiger partial charge on any atom is 0.320 e. The minimum Gasteiger partial charge on any atom is -0.341 e. The molecule has 0 spiro atoms. The molecule has 152 valence electrons. The molecule has 1 atom stereocenters. The molecule has 6 nitrogen and oxygen atoms in total. The second kappa shape index (κ2) is 8.20. The number of imidazole rings is 1. The summed E-state index contributed by atoms with van der Waals surface area (Å²) in [7, 11) is 0. The Balaban J connectivity index is 1.44. The first-order chi connectivity index (χ1) is 13.9. The second-order valence-electron chi connectivity index (χ2n) is 7.37. The molecule has 1 unspecified atom stereocenters. The van der Waals surface area contributed by atoms with Crippen LogP contribution in [0, 0.1) is 6.92 Å². The molecule has 1 saturated heterocycles. The van der Waals surface area contributed by atoms with E-state index in [9.17, 15) is 4.79 Å². The van der Waals surface area contributed by atoms with Crippen molar-refractivity contribution in [1.29, 1.82) is 0 Å². The summed E-state index contributed by atoms with van der Waals surface area (Å²) in [6, 6.07) is 9.62. The van der Waals surface area contributed by atoms with Crippen LogP contribution in [0.1, 0.15) is 24.0 Å². The van der Waals surface area contributed by atoms with Crippen molar-refractivity contribution >= 4 is 40.4 Å². The number of fused-ring (bicyclic) bond motifs is 1. The lowest BCUT2D eigenvalue weighted by Crippen LogP contribution is -2.36. The van der Waals surface area contributed by atoms with Crippen molar-refractivity contribution in [2.24, 2.45) is 0 Å². The van der Waals surface area contributed by atoms with Crippen LogP contribution in [0.4, 0.5) is 4.79 Å². The largest absolute Gasteiger partial charge is 0.341 e. The second-order valence-corrected chi connectivity index (χ2v) is 8.21. The number of urea groups is 1. The molecule has 29 heavy (non-hydrogen) atoms. The van der Waals surface area contributed by atoms with Gasteiger partial charge in [-0.3, -0.25) is 0 Å². The van der Waals surface area contributed by atoms with Crippen LogP contribution in [0.5, 0.6) is 0 Å². The Morgan fingerprint density at radius 3 is 2.79 bits per heavy atom. The van der Waals surface area contributed by atoms with E-state index in [1.807, 2.05) is 47.9 Å². The third kappa shape index (κ3) is 4.19. The number of likely N-dealkylation sites (N-methyl/N-ethyl adjacent to an activating group) is 1. The standard InChI is InChI=1S/C21H23Cl2N5O/c1-3-28-16(10-14-5-6-15(22)11-17(14)23)12-27(21(28)29)9-8-19-25-18-7-4-13(2)24-20(18)26-19/h4-7,11,16H,3,8-10,12H2,1-2H3,(H,24,25,26). The van der Waals surface area contributed by atoms with Gasteiger partial charge in [0.1, 0.15) is 5.82 Å². The minimum absolute atomic E-state index is 0.0627. The first-order valence-corrected chi connectivity index (χ1v) is 10.5. The van der Waals surface area contributed by atoms with Crippen molar-refractivity contribution < 1.29 is 4.79 Å². The number of nitrogens with zero attached hydrogens (tertiary/aromatic N) is 4. The number of rotatable bonds is 6. The molecule has 1 aliphatic rings. The van der Waals surface area contributed by atoms with Gasteiger partial charge >= 0.3 is 6.03 Å². The highest BCUT2D eigenvalue weighted by molar-refractivity contribution is 6.35. The molecule has 0 aliphatic carbocycles. The van der Waals surface area contributed by atoms with Crippen LogP contribution >= 0.6 is 23.2 Å². The smallest absolute Gasteiger partial charge is 0.320 e. The average Bonchev–Trinajstić information content (AvgIpc) is 3.22. The number of aromatic nitrogens is 3. The highest BCUT2D eigenvalue weighted by Gasteiger charge is 2.36. The van der Waals surface area contributed by atoms with E-state index in [1.54, 1.807) is 6.07 Å². The van der Waals surface area contributed by atoms with Crippen LogP contribution in [0.25, 0.3) is 11.2 Å². The van der Waals surface area contributed by atoms with Gasteiger partial charge in [-0.15, -0.1) is 0 Å². The van der Waals surface area contributed by atoms with E-state index < -0.39 is 0 Å². The number of hydrogen-bond acceptors (Lipinski definition) is 3. The zero-order valence-electron chi connectivity index (χ0n) is 16.5. The van der Waals surface area contributed by atoms with Crippen molar-refractivity contribution in [2.75, 3.05) is 19.6 Å². The fraction of sp³-hybridized carbons (Fsp3) is 0.381. The number of H-pyrrole nitrogens is 1. The highest BCUT2D eigenvalue weighted by Crippen LogP contribution is 2.26. The molecule has 4 rings (SSSR count). The molecule has 8 heteroatoms. The van der Waals surface area contributed by atoms with Crippen LogP contribution in [-0.2, 0) is 12.8 Å². The quantitative estimate of drug-likeness (QED) is 0.625. The van der Waals surface area contributed by atoms with E-state index >= 15 is 0 Å². The number of carbonyl (C=O) groups is 1. The SMILES string of the molecule is CCN1C(=O)N(CCc2nc3nc(C)ccc3[nH]2)CC1Cc1ccc(Cl)cc1Cl. The molecule has 1 aromatic carbocycles. The molecule has 1 fully saturated rings. The Morgan fingerprint density at radius 1 is 1.21 bits per heavy atom. The molecular formula is C21H23Cl2N5O. The van der Waals surface area contributed by atoms with Gasteiger partial charge in [0.25, 0.3) is 0 Å². The predicted octanol–water partition coefficient (Wildman–Crippen LogP) is 4.48.